The quantitative estimate of drug-likeness (QED) is 0.486. The molecule has 5 nitrogen and oxygen atoms in total. The Morgan fingerprint density at radius 3 is 2.69 bits per heavy atom. The van der Waals surface area contributed by atoms with E-state index in [2.05, 4.69) is 71.2 Å². The molecule has 3 aliphatic rings. The molecule has 164 valence electrons. The van der Waals surface area contributed by atoms with Crippen LogP contribution in [-0.4, -0.2) is 10.8 Å². The summed E-state index contributed by atoms with van der Waals surface area (Å²) >= 11 is 0. The molecule has 1 aromatic heterocycles. The van der Waals surface area contributed by atoms with Crippen LogP contribution < -0.4 is 16.0 Å². The van der Waals surface area contributed by atoms with Crippen LogP contribution in [0.1, 0.15) is 74.7 Å². The van der Waals surface area contributed by atoms with Gasteiger partial charge < -0.3 is 16.0 Å². The Morgan fingerprint density at radius 2 is 2.00 bits per heavy atom. The van der Waals surface area contributed by atoms with E-state index in [1.54, 1.807) is 0 Å². The number of benzene rings is 1. The van der Waals surface area contributed by atoms with Crippen molar-refractivity contribution in [2.75, 3.05) is 5.32 Å². The van der Waals surface area contributed by atoms with Crippen molar-refractivity contribution in [1.82, 2.24) is 15.6 Å². The number of nitrogens with one attached hydrogen (secondary N) is 3. The van der Waals surface area contributed by atoms with E-state index in [1.807, 2.05) is 24.8 Å². The van der Waals surface area contributed by atoms with Gasteiger partial charge in [0.15, 0.2) is 0 Å². The van der Waals surface area contributed by atoms with Gasteiger partial charge in [-0.15, -0.1) is 0 Å². The van der Waals surface area contributed by atoms with E-state index in [0.717, 1.165) is 17.9 Å². The van der Waals surface area contributed by atoms with Gasteiger partial charge in [0.2, 0.25) is 0 Å². The Hall–Kier alpha value is -3.34. The van der Waals surface area contributed by atoms with Crippen molar-refractivity contribution in [2.45, 2.75) is 57.9 Å². The number of anilines is 1. The number of aromatic nitrogens is 1. The Balaban J connectivity index is 1.21. The second-order valence-electron chi connectivity index (χ2n) is 9.07. The molecule has 0 radical (unpaired) electrons. The van der Waals surface area contributed by atoms with Crippen molar-refractivity contribution in [1.29, 1.82) is 0 Å². The minimum atomic E-state index is 0.191. The van der Waals surface area contributed by atoms with E-state index >= 15 is 0 Å². The molecular weight excluding hydrogens is 394 g/mol. The highest BCUT2D eigenvalue weighted by molar-refractivity contribution is 5.87. The van der Waals surface area contributed by atoms with Crippen LogP contribution in [0.3, 0.4) is 0 Å². The fraction of sp³-hybridized carbons (Fsp3) is 0.333. The molecule has 1 aliphatic heterocycles. The minimum absolute atomic E-state index is 0.191. The summed E-state index contributed by atoms with van der Waals surface area (Å²) in [5, 5.41) is 10.4. The first kappa shape index (κ1) is 20.6. The minimum Gasteiger partial charge on any atom is -0.383 e. The lowest BCUT2D eigenvalue weighted by Crippen LogP contribution is -2.18. The van der Waals surface area contributed by atoms with Crippen LogP contribution in [-0.2, 0) is 0 Å². The number of aliphatic imine (C=N–C) groups is 1. The van der Waals surface area contributed by atoms with E-state index in [9.17, 15) is 0 Å². The third-order valence-corrected chi connectivity index (χ3v) is 6.15. The van der Waals surface area contributed by atoms with Gasteiger partial charge in [0, 0.05) is 65.8 Å². The van der Waals surface area contributed by atoms with Crippen LogP contribution in [0.15, 0.2) is 77.3 Å². The summed E-state index contributed by atoms with van der Waals surface area (Å²) in [7, 11) is 0. The molecule has 2 fully saturated rings. The van der Waals surface area contributed by atoms with Gasteiger partial charge in [0.1, 0.15) is 5.84 Å². The molecule has 1 aromatic carbocycles. The number of rotatable bonds is 8. The maximum Gasteiger partial charge on any atom is 0.110 e. The molecular formula is C27H31N5. The standard InChI is InChI=1S/C27H31N5/c1-18-14-26(31-16-18)29-13-12-28-19(2)22-4-3-5-24(15-22)32-27(21-8-9-21)23-10-11-25(30-17-23)20-6-7-20/h3-5,10-13,15-17,19-20,28,32H,6-9,14H2,1-2H3,(H,29,31). The van der Waals surface area contributed by atoms with Crippen molar-refractivity contribution in [3.8, 4) is 0 Å². The molecule has 1 unspecified atom stereocenters. The number of allylic oxidation sites excluding steroid dienone is 1. The lowest BCUT2D eigenvalue weighted by molar-refractivity contribution is 0.684. The Morgan fingerprint density at radius 1 is 1.12 bits per heavy atom. The second kappa shape index (κ2) is 9.03. The smallest absolute Gasteiger partial charge is 0.110 e. The highest BCUT2D eigenvalue weighted by atomic mass is 15.0. The summed E-state index contributed by atoms with van der Waals surface area (Å²) in [5.74, 6) is 1.68. The third-order valence-electron chi connectivity index (χ3n) is 6.15. The molecule has 2 heterocycles. The van der Waals surface area contributed by atoms with Crippen molar-refractivity contribution < 1.29 is 0 Å². The van der Waals surface area contributed by atoms with Gasteiger partial charge in [-0.25, -0.2) is 4.99 Å². The zero-order valence-electron chi connectivity index (χ0n) is 18.9. The number of amidine groups is 1. The molecule has 0 saturated heterocycles. The Bertz CT molecular complexity index is 1100. The van der Waals surface area contributed by atoms with E-state index in [-0.39, 0.29) is 6.04 Å². The summed E-state index contributed by atoms with van der Waals surface area (Å²) in [4.78, 5) is 9.06. The van der Waals surface area contributed by atoms with Gasteiger partial charge in [0.05, 0.1) is 0 Å². The molecule has 2 saturated carbocycles. The van der Waals surface area contributed by atoms with Gasteiger partial charge in [-0.05, 0) is 80.5 Å². The first-order valence-corrected chi connectivity index (χ1v) is 11.6. The van der Waals surface area contributed by atoms with Gasteiger partial charge in [-0.2, -0.15) is 0 Å². The fourth-order valence-corrected chi connectivity index (χ4v) is 3.94. The maximum absolute atomic E-state index is 4.72. The monoisotopic (exact) mass is 425 g/mol. The van der Waals surface area contributed by atoms with E-state index in [4.69, 9.17) is 4.98 Å². The number of nitrogens with zero attached hydrogens (tertiary/aromatic N) is 2. The van der Waals surface area contributed by atoms with E-state index in [1.165, 1.54) is 59.3 Å². The molecule has 32 heavy (non-hydrogen) atoms. The van der Waals surface area contributed by atoms with Crippen LogP contribution in [0.5, 0.6) is 0 Å². The van der Waals surface area contributed by atoms with Crippen LogP contribution >= 0.6 is 0 Å². The van der Waals surface area contributed by atoms with Crippen molar-refractivity contribution in [3.05, 3.63) is 89.2 Å². The number of pyridine rings is 1. The first-order valence-electron chi connectivity index (χ1n) is 11.6. The van der Waals surface area contributed by atoms with Crippen LogP contribution in [0.4, 0.5) is 5.69 Å². The molecule has 5 heteroatoms. The molecule has 2 aliphatic carbocycles. The molecule has 0 bridgehead atoms. The van der Waals surface area contributed by atoms with Crippen LogP contribution in [0.2, 0.25) is 0 Å². The van der Waals surface area contributed by atoms with Crippen LogP contribution in [0, 0.1) is 0 Å². The highest BCUT2D eigenvalue weighted by Crippen LogP contribution is 2.40. The lowest BCUT2D eigenvalue weighted by Gasteiger charge is -2.16. The average Bonchev–Trinajstić information content (AvgIpc) is 3.74. The second-order valence-corrected chi connectivity index (χ2v) is 9.07. The molecule has 1 atom stereocenters. The summed E-state index contributed by atoms with van der Waals surface area (Å²) in [6.45, 7) is 4.26. The molecule has 2 aromatic rings. The lowest BCUT2D eigenvalue weighted by atomic mass is 10.1. The predicted octanol–water partition coefficient (Wildman–Crippen LogP) is 5.99. The zero-order chi connectivity index (χ0) is 21.9. The van der Waals surface area contributed by atoms with Gasteiger partial charge in [-0.1, -0.05) is 12.1 Å². The highest BCUT2D eigenvalue weighted by Gasteiger charge is 2.25. The summed E-state index contributed by atoms with van der Waals surface area (Å²) in [5.41, 5.74) is 8.76. The SMILES string of the molecule is CC1=CN=C(NC=CNC(C)c2cccc(NC(=C3CC3)c3ccc(C4CC4)nc3)c2)C1. The predicted molar refractivity (Wildman–Crippen MR) is 132 cm³/mol. The van der Waals surface area contributed by atoms with Gasteiger partial charge in [0.25, 0.3) is 0 Å². The Labute approximate surface area is 190 Å². The summed E-state index contributed by atoms with van der Waals surface area (Å²) in [6, 6.07) is 13.3. The maximum atomic E-state index is 4.72. The number of hydrogen-bond acceptors (Lipinski definition) is 5. The van der Waals surface area contributed by atoms with Crippen LogP contribution in [0.25, 0.3) is 5.70 Å². The average molecular weight is 426 g/mol. The summed E-state index contributed by atoms with van der Waals surface area (Å²) < 4.78 is 0. The summed E-state index contributed by atoms with van der Waals surface area (Å²) in [6.07, 6.45) is 13.6. The normalized spacial score (nSPS) is 18.2. The fourth-order valence-electron chi connectivity index (χ4n) is 3.94. The van der Waals surface area contributed by atoms with Crippen molar-refractivity contribution in [2.24, 2.45) is 4.99 Å². The van der Waals surface area contributed by atoms with E-state index in [0.29, 0.717) is 5.92 Å². The van der Waals surface area contributed by atoms with Gasteiger partial charge in [-0.3, -0.25) is 4.98 Å². The topological polar surface area (TPSA) is 61.3 Å². The zero-order valence-corrected chi connectivity index (χ0v) is 18.9. The number of hydrogen-bond donors (Lipinski definition) is 3. The largest absolute Gasteiger partial charge is 0.383 e. The van der Waals surface area contributed by atoms with Crippen molar-refractivity contribution in [3.63, 3.8) is 0 Å². The molecule has 0 spiro atoms. The van der Waals surface area contributed by atoms with E-state index < -0.39 is 0 Å². The first-order chi connectivity index (χ1) is 15.7. The Kier molecular flexibility index (Phi) is 5.80. The van der Waals surface area contributed by atoms with Gasteiger partial charge >= 0.3 is 0 Å². The van der Waals surface area contributed by atoms with Crippen molar-refractivity contribution >= 4 is 17.2 Å². The molecule has 3 N–H and O–H groups in total. The molecule has 0 amide bonds. The molecule has 5 rings (SSSR count). The third kappa shape index (κ3) is 5.10.